The fourth-order valence-corrected chi connectivity index (χ4v) is 6.56. The number of amides is 1. The summed E-state index contributed by atoms with van der Waals surface area (Å²) in [6.45, 7) is 2.50. The maximum atomic E-state index is 12.5. The summed E-state index contributed by atoms with van der Waals surface area (Å²) in [5, 5.41) is 2.73. The van der Waals surface area contributed by atoms with Gasteiger partial charge >= 0.3 is 0 Å². The molecule has 1 aromatic carbocycles. The molecule has 3 rings (SSSR count). The van der Waals surface area contributed by atoms with Crippen molar-refractivity contribution in [3.63, 3.8) is 0 Å². The van der Waals surface area contributed by atoms with Gasteiger partial charge in [0.05, 0.1) is 28.0 Å². The van der Waals surface area contributed by atoms with E-state index in [1.807, 2.05) is 0 Å². The monoisotopic (exact) mass is 416 g/mol. The first kappa shape index (κ1) is 20.2. The zero-order valence-corrected chi connectivity index (χ0v) is 16.7. The molecule has 2 heterocycles. The van der Waals surface area contributed by atoms with Crippen molar-refractivity contribution >= 4 is 25.8 Å². The molecule has 2 atom stereocenters. The zero-order valence-electron chi connectivity index (χ0n) is 15.1. The third-order valence-electron chi connectivity index (χ3n) is 4.85. The maximum absolute atomic E-state index is 12.5. The van der Waals surface area contributed by atoms with Crippen LogP contribution in [0.25, 0.3) is 0 Å². The largest absolute Gasteiger partial charge is 0.377 e. The molecule has 0 radical (unpaired) electrons. The maximum Gasteiger partial charge on any atom is 0.251 e. The SMILES string of the molecule is CC1(NC(=O)c2cccc(S(=O)(=O)NCC3CCCO3)c2)CCS(=O)(=O)C1. The molecule has 150 valence electrons. The molecule has 0 saturated carbocycles. The third kappa shape index (κ3) is 5.07. The molecular formula is C17H24N2O6S2. The van der Waals surface area contributed by atoms with Crippen LogP contribution >= 0.6 is 0 Å². The highest BCUT2D eigenvalue weighted by molar-refractivity contribution is 7.91. The Kier molecular flexibility index (Phi) is 5.62. The topological polar surface area (TPSA) is 119 Å². The molecule has 2 fully saturated rings. The van der Waals surface area contributed by atoms with Crippen molar-refractivity contribution in [1.29, 1.82) is 0 Å². The summed E-state index contributed by atoms with van der Waals surface area (Å²) in [6.07, 6.45) is 1.93. The van der Waals surface area contributed by atoms with Crippen LogP contribution in [0.15, 0.2) is 29.2 Å². The third-order valence-corrected chi connectivity index (χ3v) is 8.17. The van der Waals surface area contributed by atoms with Crippen LogP contribution in [0.1, 0.15) is 36.5 Å². The van der Waals surface area contributed by atoms with E-state index in [-0.39, 0.29) is 34.6 Å². The molecule has 2 unspecified atom stereocenters. The molecule has 0 spiro atoms. The number of rotatable bonds is 6. The second-order valence-corrected chi connectivity index (χ2v) is 11.3. The summed E-state index contributed by atoms with van der Waals surface area (Å²) >= 11 is 0. The van der Waals surface area contributed by atoms with E-state index in [4.69, 9.17) is 4.74 Å². The minimum absolute atomic E-state index is 0.0163. The van der Waals surface area contributed by atoms with Crippen molar-refractivity contribution in [2.45, 2.75) is 42.7 Å². The molecule has 10 heteroatoms. The van der Waals surface area contributed by atoms with Crippen LogP contribution in [0.5, 0.6) is 0 Å². The van der Waals surface area contributed by atoms with Crippen LogP contribution < -0.4 is 10.0 Å². The molecule has 1 aromatic rings. The van der Waals surface area contributed by atoms with Gasteiger partial charge in [-0.1, -0.05) is 6.07 Å². The van der Waals surface area contributed by atoms with E-state index in [0.29, 0.717) is 13.0 Å². The lowest BCUT2D eigenvalue weighted by atomic mass is 10.0. The number of sulfone groups is 1. The Balaban J connectivity index is 1.70. The van der Waals surface area contributed by atoms with Crippen LogP contribution in [0.3, 0.4) is 0 Å². The molecule has 0 aromatic heterocycles. The first-order valence-electron chi connectivity index (χ1n) is 8.83. The normalized spacial score (nSPS) is 27.5. The summed E-state index contributed by atoms with van der Waals surface area (Å²) in [7, 11) is -6.93. The minimum Gasteiger partial charge on any atom is -0.377 e. The van der Waals surface area contributed by atoms with Gasteiger partial charge in [-0.05, 0) is 44.4 Å². The van der Waals surface area contributed by atoms with Crippen molar-refractivity contribution < 1.29 is 26.4 Å². The van der Waals surface area contributed by atoms with Crippen LogP contribution in [0, 0.1) is 0 Å². The molecule has 2 N–H and O–H groups in total. The van der Waals surface area contributed by atoms with E-state index >= 15 is 0 Å². The molecule has 0 bridgehead atoms. The summed E-state index contributed by atoms with van der Waals surface area (Å²) in [5.74, 6) is -0.580. The predicted octanol–water partition coefficient (Wildman–Crippen LogP) is 0.451. The lowest BCUT2D eigenvalue weighted by Gasteiger charge is -2.24. The lowest BCUT2D eigenvalue weighted by molar-refractivity contribution is 0.0915. The Bertz CT molecular complexity index is 922. The highest BCUT2D eigenvalue weighted by atomic mass is 32.2. The fourth-order valence-electron chi connectivity index (χ4n) is 3.35. The molecule has 1 amide bonds. The highest BCUT2D eigenvalue weighted by Gasteiger charge is 2.39. The van der Waals surface area contributed by atoms with Gasteiger partial charge in [0, 0.05) is 18.7 Å². The van der Waals surface area contributed by atoms with Crippen LogP contribution in [0.4, 0.5) is 0 Å². The van der Waals surface area contributed by atoms with Gasteiger partial charge in [-0.25, -0.2) is 21.6 Å². The number of hydrogen-bond acceptors (Lipinski definition) is 6. The Morgan fingerprint density at radius 1 is 1.37 bits per heavy atom. The summed E-state index contributed by atoms with van der Waals surface area (Å²) in [4.78, 5) is 12.5. The summed E-state index contributed by atoms with van der Waals surface area (Å²) in [6, 6.07) is 5.70. The molecule has 2 aliphatic heterocycles. The smallest absolute Gasteiger partial charge is 0.251 e. The standard InChI is InChI=1S/C17H24N2O6S2/c1-17(7-9-26(21,22)12-17)19-16(20)13-4-2-6-15(10-13)27(23,24)18-11-14-5-3-8-25-14/h2,4,6,10,14,18H,3,5,7-9,11-12H2,1H3,(H,19,20). The highest BCUT2D eigenvalue weighted by Crippen LogP contribution is 2.23. The van der Waals surface area contributed by atoms with E-state index in [1.165, 1.54) is 24.3 Å². The second kappa shape index (κ2) is 7.50. The fraction of sp³-hybridized carbons (Fsp3) is 0.588. The quantitative estimate of drug-likeness (QED) is 0.695. The summed E-state index contributed by atoms with van der Waals surface area (Å²) < 4.78 is 56.2. The van der Waals surface area contributed by atoms with Crippen LogP contribution in [0.2, 0.25) is 0 Å². The molecule has 0 aliphatic carbocycles. The molecule has 2 saturated heterocycles. The zero-order chi connectivity index (χ0) is 19.7. The Morgan fingerprint density at radius 2 is 2.15 bits per heavy atom. The van der Waals surface area contributed by atoms with Gasteiger partial charge in [0.2, 0.25) is 10.0 Å². The van der Waals surface area contributed by atoms with E-state index in [1.54, 1.807) is 6.92 Å². The number of ether oxygens (including phenoxy) is 1. The van der Waals surface area contributed by atoms with Gasteiger partial charge in [-0.15, -0.1) is 0 Å². The lowest BCUT2D eigenvalue weighted by Crippen LogP contribution is -2.47. The summed E-state index contributed by atoms with van der Waals surface area (Å²) in [5.41, 5.74) is -0.677. The number of hydrogen-bond donors (Lipinski definition) is 2. The molecule has 27 heavy (non-hydrogen) atoms. The van der Waals surface area contributed by atoms with E-state index in [0.717, 1.165) is 12.8 Å². The number of nitrogens with one attached hydrogen (secondary N) is 2. The van der Waals surface area contributed by atoms with Gasteiger partial charge < -0.3 is 10.1 Å². The Hall–Kier alpha value is -1.49. The molecule has 2 aliphatic rings. The van der Waals surface area contributed by atoms with Crippen molar-refractivity contribution in [3.05, 3.63) is 29.8 Å². The van der Waals surface area contributed by atoms with Crippen molar-refractivity contribution in [1.82, 2.24) is 10.0 Å². The Morgan fingerprint density at radius 3 is 2.78 bits per heavy atom. The average Bonchev–Trinajstić information content (AvgIpc) is 3.21. The van der Waals surface area contributed by atoms with Crippen molar-refractivity contribution in [2.24, 2.45) is 0 Å². The van der Waals surface area contributed by atoms with Gasteiger partial charge in [0.25, 0.3) is 5.91 Å². The van der Waals surface area contributed by atoms with Crippen LogP contribution in [-0.4, -0.2) is 59.0 Å². The van der Waals surface area contributed by atoms with Gasteiger partial charge in [0.15, 0.2) is 9.84 Å². The molecule has 8 nitrogen and oxygen atoms in total. The number of sulfonamides is 1. The second-order valence-electron chi connectivity index (χ2n) is 7.37. The van der Waals surface area contributed by atoms with E-state index in [9.17, 15) is 21.6 Å². The van der Waals surface area contributed by atoms with Gasteiger partial charge in [-0.2, -0.15) is 0 Å². The minimum atomic E-state index is -3.77. The number of carbonyl (C=O) groups is 1. The van der Waals surface area contributed by atoms with Gasteiger partial charge in [-0.3, -0.25) is 4.79 Å². The average molecular weight is 417 g/mol. The Labute approximate surface area is 159 Å². The van der Waals surface area contributed by atoms with Crippen LogP contribution in [-0.2, 0) is 24.6 Å². The first-order valence-corrected chi connectivity index (χ1v) is 12.1. The predicted molar refractivity (Wildman–Crippen MR) is 99.7 cm³/mol. The van der Waals surface area contributed by atoms with E-state index in [2.05, 4.69) is 10.0 Å². The van der Waals surface area contributed by atoms with Crippen molar-refractivity contribution in [2.75, 3.05) is 24.7 Å². The van der Waals surface area contributed by atoms with E-state index < -0.39 is 31.3 Å². The van der Waals surface area contributed by atoms with Crippen molar-refractivity contribution in [3.8, 4) is 0 Å². The number of benzene rings is 1. The first-order chi connectivity index (χ1) is 12.6. The number of carbonyl (C=O) groups excluding carboxylic acids is 1. The van der Waals surface area contributed by atoms with Gasteiger partial charge in [0.1, 0.15) is 0 Å². The molecular weight excluding hydrogens is 392 g/mol.